The molecular weight excluding hydrogens is 249 g/mol. The van der Waals surface area contributed by atoms with Gasteiger partial charge in [0.2, 0.25) is 0 Å². The van der Waals surface area contributed by atoms with Crippen molar-refractivity contribution in [2.24, 2.45) is 0 Å². The fourth-order valence-corrected chi connectivity index (χ4v) is 3.96. The summed E-state index contributed by atoms with van der Waals surface area (Å²) in [4.78, 5) is 0. The molecule has 0 amide bonds. The standard InChI is InChI=1S/C14H16FNOS/c15-14-7-6-11(8-12(14)9-16)10-18(17)13-4-2-1-3-5-13/h6-8,13H,1-5,10H2. The second kappa shape index (κ2) is 6.10. The molecule has 1 aromatic carbocycles. The molecule has 1 saturated carbocycles. The Labute approximate surface area is 109 Å². The molecule has 1 fully saturated rings. The van der Waals surface area contributed by atoms with E-state index in [1.807, 2.05) is 6.07 Å². The number of nitriles is 1. The zero-order valence-corrected chi connectivity index (χ0v) is 11.0. The Morgan fingerprint density at radius 1 is 1.33 bits per heavy atom. The van der Waals surface area contributed by atoms with E-state index in [9.17, 15) is 8.60 Å². The quantitative estimate of drug-likeness (QED) is 0.841. The van der Waals surface area contributed by atoms with Crippen LogP contribution in [0.2, 0.25) is 0 Å². The van der Waals surface area contributed by atoms with Crippen molar-refractivity contribution in [3.63, 3.8) is 0 Å². The molecule has 0 spiro atoms. The van der Waals surface area contributed by atoms with E-state index >= 15 is 0 Å². The molecule has 0 aromatic heterocycles. The van der Waals surface area contributed by atoms with Gasteiger partial charge in [-0.1, -0.05) is 25.3 Å². The van der Waals surface area contributed by atoms with Gasteiger partial charge in [-0.25, -0.2) is 4.39 Å². The summed E-state index contributed by atoms with van der Waals surface area (Å²) in [6.45, 7) is 0. The van der Waals surface area contributed by atoms with Crippen LogP contribution in [-0.4, -0.2) is 9.46 Å². The molecule has 1 aliphatic carbocycles. The highest BCUT2D eigenvalue weighted by Crippen LogP contribution is 2.24. The van der Waals surface area contributed by atoms with Crippen molar-refractivity contribution in [1.29, 1.82) is 5.26 Å². The van der Waals surface area contributed by atoms with Crippen LogP contribution < -0.4 is 0 Å². The second-order valence-corrected chi connectivity index (χ2v) is 6.43. The van der Waals surface area contributed by atoms with Crippen molar-refractivity contribution in [1.82, 2.24) is 0 Å². The molecule has 1 unspecified atom stereocenters. The first-order valence-corrected chi connectivity index (χ1v) is 7.64. The van der Waals surface area contributed by atoms with Gasteiger partial charge in [-0.05, 0) is 30.5 Å². The van der Waals surface area contributed by atoms with E-state index < -0.39 is 16.6 Å². The molecule has 0 heterocycles. The van der Waals surface area contributed by atoms with Crippen LogP contribution >= 0.6 is 0 Å². The fraction of sp³-hybridized carbons (Fsp3) is 0.500. The number of hydrogen-bond acceptors (Lipinski definition) is 2. The minimum atomic E-state index is -0.906. The Bertz CT molecular complexity index is 489. The van der Waals surface area contributed by atoms with Crippen LogP contribution in [0.15, 0.2) is 18.2 Å². The zero-order chi connectivity index (χ0) is 13.0. The van der Waals surface area contributed by atoms with E-state index in [0.717, 1.165) is 31.2 Å². The van der Waals surface area contributed by atoms with Crippen LogP contribution in [0.3, 0.4) is 0 Å². The SMILES string of the molecule is N#Cc1cc(CS(=O)C2CCCCC2)ccc1F. The Kier molecular flexibility index (Phi) is 4.48. The summed E-state index contributed by atoms with van der Waals surface area (Å²) in [6, 6.07) is 6.23. The van der Waals surface area contributed by atoms with Gasteiger partial charge in [0.1, 0.15) is 11.9 Å². The first-order chi connectivity index (χ1) is 8.70. The van der Waals surface area contributed by atoms with Gasteiger partial charge >= 0.3 is 0 Å². The van der Waals surface area contributed by atoms with Crippen molar-refractivity contribution in [3.05, 3.63) is 35.1 Å². The molecule has 1 aromatic rings. The van der Waals surface area contributed by atoms with Gasteiger partial charge in [-0.15, -0.1) is 0 Å². The van der Waals surface area contributed by atoms with E-state index in [0.29, 0.717) is 5.75 Å². The van der Waals surface area contributed by atoms with E-state index in [2.05, 4.69) is 0 Å². The summed E-state index contributed by atoms with van der Waals surface area (Å²) >= 11 is 0. The third kappa shape index (κ3) is 3.17. The van der Waals surface area contributed by atoms with Crippen molar-refractivity contribution in [3.8, 4) is 6.07 Å². The van der Waals surface area contributed by atoms with Gasteiger partial charge in [-0.2, -0.15) is 5.26 Å². The Morgan fingerprint density at radius 2 is 2.06 bits per heavy atom. The van der Waals surface area contributed by atoms with E-state index in [-0.39, 0.29) is 10.8 Å². The van der Waals surface area contributed by atoms with E-state index in [1.165, 1.54) is 18.6 Å². The minimum Gasteiger partial charge on any atom is -0.259 e. The van der Waals surface area contributed by atoms with Crippen LogP contribution in [0, 0.1) is 17.1 Å². The number of nitrogens with zero attached hydrogens (tertiary/aromatic N) is 1. The van der Waals surface area contributed by atoms with Crippen molar-refractivity contribution in [2.75, 3.05) is 0 Å². The van der Waals surface area contributed by atoms with Gasteiger partial charge < -0.3 is 0 Å². The molecule has 1 aliphatic rings. The first kappa shape index (κ1) is 13.2. The minimum absolute atomic E-state index is 0.0353. The molecule has 0 bridgehead atoms. The molecule has 18 heavy (non-hydrogen) atoms. The summed E-state index contributed by atoms with van der Waals surface area (Å²) in [5.41, 5.74) is 0.824. The number of rotatable bonds is 3. The van der Waals surface area contributed by atoms with Gasteiger partial charge in [-0.3, -0.25) is 4.21 Å². The van der Waals surface area contributed by atoms with Crippen LogP contribution in [0.1, 0.15) is 43.2 Å². The van der Waals surface area contributed by atoms with Crippen molar-refractivity contribution >= 4 is 10.8 Å². The molecule has 0 aliphatic heterocycles. The highest BCUT2D eigenvalue weighted by molar-refractivity contribution is 7.84. The van der Waals surface area contributed by atoms with Gasteiger partial charge in [0, 0.05) is 21.8 Å². The monoisotopic (exact) mass is 265 g/mol. The summed E-state index contributed by atoms with van der Waals surface area (Å²) in [7, 11) is -0.906. The second-order valence-electron chi connectivity index (χ2n) is 4.71. The van der Waals surface area contributed by atoms with Gasteiger partial charge in [0.15, 0.2) is 0 Å². The number of hydrogen-bond donors (Lipinski definition) is 0. The third-order valence-electron chi connectivity index (χ3n) is 3.38. The average Bonchev–Trinajstić information content (AvgIpc) is 2.42. The maximum absolute atomic E-state index is 13.2. The summed E-state index contributed by atoms with van der Waals surface area (Å²) in [6.07, 6.45) is 5.60. The average molecular weight is 265 g/mol. The van der Waals surface area contributed by atoms with Crippen LogP contribution in [0.4, 0.5) is 4.39 Å². The highest BCUT2D eigenvalue weighted by atomic mass is 32.2. The van der Waals surface area contributed by atoms with Crippen molar-refractivity contribution < 1.29 is 8.60 Å². The van der Waals surface area contributed by atoms with E-state index in [4.69, 9.17) is 5.26 Å². The first-order valence-electron chi connectivity index (χ1n) is 6.26. The molecular formula is C14H16FNOS. The van der Waals surface area contributed by atoms with Crippen LogP contribution in [-0.2, 0) is 16.6 Å². The molecule has 1 atom stereocenters. The molecule has 96 valence electrons. The normalized spacial score (nSPS) is 18.2. The molecule has 0 radical (unpaired) electrons. The zero-order valence-electron chi connectivity index (χ0n) is 10.2. The van der Waals surface area contributed by atoms with Crippen LogP contribution in [0.5, 0.6) is 0 Å². The summed E-state index contributed by atoms with van der Waals surface area (Å²) in [5.74, 6) is -0.0794. The Balaban J connectivity index is 2.05. The maximum atomic E-state index is 13.2. The van der Waals surface area contributed by atoms with Crippen molar-refractivity contribution in [2.45, 2.75) is 43.1 Å². The fourth-order valence-electron chi connectivity index (χ4n) is 2.36. The summed E-state index contributed by atoms with van der Waals surface area (Å²) < 4.78 is 25.4. The largest absolute Gasteiger partial charge is 0.259 e. The number of halogens is 1. The van der Waals surface area contributed by atoms with Crippen LogP contribution in [0.25, 0.3) is 0 Å². The predicted molar refractivity (Wildman–Crippen MR) is 69.8 cm³/mol. The smallest absolute Gasteiger partial charge is 0.140 e. The molecule has 0 N–H and O–H groups in total. The summed E-state index contributed by atoms with van der Waals surface area (Å²) in [5, 5.41) is 9.03. The molecule has 4 heteroatoms. The number of benzene rings is 1. The lowest BCUT2D eigenvalue weighted by atomic mass is 10.0. The maximum Gasteiger partial charge on any atom is 0.140 e. The molecule has 2 nitrogen and oxygen atoms in total. The highest BCUT2D eigenvalue weighted by Gasteiger charge is 2.20. The Hall–Kier alpha value is -1.21. The lowest BCUT2D eigenvalue weighted by Gasteiger charge is -2.20. The lowest BCUT2D eigenvalue weighted by molar-refractivity contribution is 0.504. The lowest BCUT2D eigenvalue weighted by Crippen LogP contribution is -2.19. The Morgan fingerprint density at radius 3 is 2.72 bits per heavy atom. The molecule has 2 rings (SSSR count). The van der Waals surface area contributed by atoms with Gasteiger partial charge in [0.05, 0.1) is 5.56 Å². The van der Waals surface area contributed by atoms with E-state index in [1.54, 1.807) is 6.07 Å². The predicted octanol–water partition coefficient (Wildman–Crippen LogP) is 3.28. The molecule has 0 saturated heterocycles. The topological polar surface area (TPSA) is 40.9 Å². The van der Waals surface area contributed by atoms with Gasteiger partial charge in [0.25, 0.3) is 0 Å². The third-order valence-corrected chi connectivity index (χ3v) is 5.22.